The molecule has 0 radical (unpaired) electrons. The molecule has 84 valence electrons. The van der Waals surface area contributed by atoms with Crippen molar-refractivity contribution in [3.05, 3.63) is 29.8 Å². The lowest BCUT2D eigenvalue weighted by atomic mass is 10.2. The van der Waals surface area contributed by atoms with Crippen molar-refractivity contribution < 1.29 is 14.2 Å². The number of benzene rings is 1. The third-order valence-corrected chi connectivity index (χ3v) is 1.95. The molecule has 0 atom stereocenters. The summed E-state index contributed by atoms with van der Waals surface area (Å²) in [6.07, 6.45) is 0. The first-order valence-corrected chi connectivity index (χ1v) is 5.09. The second kappa shape index (κ2) is 7.26. The van der Waals surface area contributed by atoms with Crippen LogP contribution in [0.4, 0.5) is 0 Å². The Bertz CT molecular complexity index is 256. The molecule has 0 heterocycles. The van der Waals surface area contributed by atoms with Crippen molar-refractivity contribution in [3.8, 4) is 5.75 Å². The van der Waals surface area contributed by atoms with Crippen LogP contribution in [0.25, 0.3) is 0 Å². The zero-order valence-corrected chi connectivity index (χ0v) is 9.36. The molecule has 1 rings (SSSR count). The quantitative estimate of drug-likeness (QED) is 0.644. The molecule has 0 saturated carbocycles. The van der Waals surface area contributed by atoms with Gasteiger partial charge in [-0.1, -0.05) is 17.7 Å². The smallest absolute Gasteiger partial charge is 0.119 e. The summed E-state index contributed by atoms with van der Waals surface area (Å²) in [6, 6.07) is 7.98. The van der Waals surface area contributed by atoms with Crippen LogP contribution in [-0.4, -0.2) is 33.5 Å². The van der Waals surface area contributed by atoms with Crippen LogP contribution in [-0.2, 0) is 9.47 Å². The van der Waals surface area contributed by atoms with Gasteiger partial charge in [0.2, 0.25) is 0 Å². The van der Waals surface area contributed by atoms with Gasteiger partial charge < -0.3 is 14.2 Å². The third kappa shape index (κ3) is 5.40. The summed E-state index contributed by atoms with van der Waals surface area (Å²) < 4.78 is 15.6. The molecule has 3 heteroatoms. The van der Waals surface area contributed by atoms with Crippen LogP contribution in [0.5, 0.6) is 5.75 Å². The lowest BCUT2D eigenvalue weighted by Crippen LogP contribution is -2.09. The van der Waals surface area contributed by atoms with Gasteiger partial charge in [-0.25, -0.2) is 0 Å². The average molecular weight is 210 g/mol. The normalized spacial score (nSPS) is 10.3. The van der Waals surface area contributed by atoms with Gasteiger partial charge in [0.1, 0.15) is 12.4 Å². The van der Waals surface area contributed by atoms with Crippen molar-refractivity contribution in [2.24, 2.45) is 0 Å². The number of hydrogen-bond donors (Lipinski definition) is 0. The van der Waals surface area contributed by atoms with E-state index in [-0.39, 0.29) is 0 Å². The first kappa shape index (κ1) is 12.0. The van der Waals surface area contributed by atoms with Crippen LogP contribution >= 0.6 is 0 Å². The number of ether oxygens (including phenoxy) is 3. The Labute approximate surface area is 91.0 Å². The third-order valence-electron chi connectivity index (χ3n) is 1.95. The Kier molecular flexibility index (Phi) is 5.81. The Morgan fingerprint density at radius 1 is 0.933 bits per heavy atom. The fraction of sp³-hybridized carbons (Fsp3) is 0.500. The van der Waals surface area contributed by atoms with Gasteiger partial charge in [0.25, 0.3) is 0 Å². The van der Waals surface area contributed by atoms with E-state index in [9.17, 15) is 0 Å². The van der Waals surface area contributed by atoms with Crippen molar-refractivity contribution in [1.29, 1.82) is 0 Å². The van der Waals surface area contributed by atoms with E-state index in [1.165, 1.54) is 5.56 Å². The Morgan fingerprint density at radius 3 is 2.27 bits per heavy atom. The van der Waals surface area contributed by atoms with Crippen LogP contribution in [0.3, 0.4) is 0 Å². The monoisotopic (exact) mass is 210 g/mol. The van der Waals surface area contributed by atoms with Crippen LogP contribution in [0, 0.1) is 6.92 Å². The molecule has 15 heavy (non-hydrogen) atoms. The van der Waals surface area contributed by atoms with Gasteiger partial charge in [-0.15, -0.1) is 0 Å². The fourth-order valence-corrected chi connectivity index (χ4v) is 1.10. The summed E-state index contributed by atoms with van der Waals surface area (Å²) in [6.45, 7) is 4.47. The highest BCUT2D eigenvalue weighted by molar-refractivity contribution is 5.26. The van der Waals surface area contributed by atoms with Crippen LogP contribution in [0.1, 0.15) is 5.56 Å². The van der Waals surface area contributed by atoms with E-state index in [1.54, 1.807) is 7.11 Å². The summed E-state index contributed by atoms with van der Waals surface area (Å²) in [5.74, 6) is 0.885. The van der Waals surface area contributed by atoms with Crippen molar-refractivity contribution in [2.75, 3.05) is 33.5 Å². The molecule has 1 aromatic carbocycles. The van der Waals surface area contributed by atoms with Gasteiger partial charge in [0.15, 0.2) is 0 Å². The van der Waals surface area contributed by atoms with Gasteiger partial charge in [-0.05, 0) is 19.1 Å². The highest BCUT2D eigenvalue weighted by atomic mass is 16.5. The maximum Gasteiger partial charge on any atom is 0.119 e. The van der Waals surface area contributed by atoms with Crippen LogP contribution < -0.4 is 4.74 Å². The van der Waals surface area contributed by atoms with E-state index < -0.39 is 0 Å². The largest absolute Gasteiger partial charge is 0.491 e. The summed E-state index contributed by atoms with van der Waals surface area (Å²) >= 11 is 0. The molecule has 1 aromatic rings. The van der Waals surface area contributed by atoms with Gasteiger partial charge in [-0.2, -0.15) is 0 Å². The zero-order valence-electron chi connectivity index (χ0n) is 9.36. The molecule has 0 aromatic heterocycles. The molecular weight excluding hydrogens is 192 g/mol. The lowest BCUT2D eigenvalue weighted by molar-refractivity contribution is 0.0544. The predicted molar refractivity (Wildman–Crippen MR) is 59.4 cm³/mol. The number of methoxy groups -OCH3 is 1. The van der Waals surface area contributed by atoms with Crippen molar-refractivity contribution >= 4 is 0 Å². The molecule has 0 N–H and O–H groups in total. The van der Waals surface area contributed by atoms with Crippen molar-refractivity contribution in [2.45, 2.75) is 6.92 Å². The van der Waals surface area contributed by atoms with Crippen LogP contribution in [0.15, 0.2) is 24.3 Å². The predicted octanol–water partition coefficient (Wildman–Crippen LogP) is 2.04. The molecule has 0 amide bonds. The topological polar surface area (TPSA) is 27.7 Å². The molecule has 0 bridgehead atoms. The first-order valence-electron chi connectivity index (χ1n) is 5.09. The molecule has 3 nitrogen and oxygen atoms in total. The molecule has 0 aliphatic heterocycles. The Morgan fingerprint density at radius 2 is 1.60 bits per heavy atom. The van der Waals surface area contributed by atoms with Gasteiger partial charge in [-0.3, -0.25) is 0 Å². The maximum atomic E-state index is 5.48. The van der Waals surface area contributed by atoms with E-state index in [1.807, 2.05) is 24.3 Å². The molecule has 0 saturated heterocycles. The van der Waals surface area contributed by atoms with Gasteiger partial charge >= 0.3 is 0 Å². The number of rotatable bonds is 7. The first-order chi connectivity index (χ1) is 7.33. The molecule has 0 aliphatic carbocycles. The summed E-state index contributed by atoms with van der Waals surface area (Å²) in [7, 11) is 1.66. The second-order valence-corrected chi connectivity index (χ2v) is 3.27. The summed E-state index contributed by atoms with van der Waals surface area (Å²) in [4.78, 5) is 0. The highest BCUT2D eigenvalue weighted by Crippen LogP contribution is 2.10. The van der Waals surface area contributed by atoms with Crippen LogP contribution in [0.2, 0.25) is 0 Å². The molecule has 0 spiro atoms. The van der Waals surface area contributed by atoms with Gasteiger partial charge in [0.05, 0.1) is 19.8 Å². The van der Waals surface area contributed by atoms with Gasteiger partial charge in [0, 0.05) is 7.11 Å². The van der Waals surface area contributed by atoms with Crippen molar-refractivity contribution in [3.63, 3.8) is 0 Å². The Hall–Kier alpha value is -1.06. The number of hydrogen-bond acceptors (Lipinski definition) is 3. The molecule has 0 unspecified atom stereocenters. The summed E-state index contributed by atoms with van der Waals surface area (Å²) in [5, 5.41) is 0. The highest BCUT2D eigenvalue weighted by Gasteiger charge is 1.93. The second-order valence-electron chi connectivity index (χ2n) is 3.27. The molecule has 0 fully saturated rings. The van der Waals surface area contributed by atoms with E-state index in [4.69, 9.17) is 14.2 Å². The minimum absolute atomic E-state index is 0.576. The van der Waals surface area contributed by atoms with E-state index in [0.717, 1.165) is 5.75 Å². The standard InChI is InChI=1S/C12H18O3/c1-11-3-5-12(6-4-11)15-10-9-14-8-7-13-2/h3-6H,7-10H2,1-2H3. The van der Waals surface area contributed by atoms with E-state index >= 15 is 0 Å². The average Bonchev–Trinajstić information content (AvgIpc) is 2.26. The Balaban J connectivity index is 2.07. The number of aryl methyl sites for hydroxylation is 1. The maximum absolute atomic E-state index is 5.48. The molecular formula is C12H18O3. The molecule has 0 aliphatic rings. The van der Waals surface area contributed by atoms with E-state index in [2.05, 4.69) is 6.92 Å². The van der Waals surface area contributed by atoms with Crippen molar-refractivity contribution in [1.82, 2.24) is 0 Å². The SMILES string of the molecule is COCCOCCOc1ccc(C)cc1. The minimum atomic E-state index is 0.576. The summed E-state index contributed by atoms with van der Waals surface area (Å²) in [5.41, 5.74) is 1.23. The minimum Gasteiger partial charge on any atom is -0.491 e. The fourth-order valence-electron chi connectivity index (χ4n) is 1.10. The van der Waals surface area contributed by atoms with E-state index in [0.29, 0.717) is 26.4 Å². The zero-order chi connectivity index (χ0) is 10.9. The lowest BCUT2D eigenvalue weighted by Gasteiger charge is -2.06.